The molecule has 0 amide bonds. The average Bonchev–Trinajstić information content (AvgIpc) is 2.03. The Morgan fingerprint density at radius 2 is 2.15 bits per heavy atom. The number of hydrogen-bond acceptors (Lipinski definition) is 2. The third-order valence-electron chi connectivity index (χ3n) is 1.84. The first-order valence-electron chi connectivity index (χ1n) is 4.37. The molecular formula is C8H19N4O+. The normalized spacial score (nSPS) is 12.2. The van der Waals surface area contributed by atoms with Crippen molar-refractivity contribution in [2.45, 2.75) is 25.8 Å². The van der Waals surface area contributed by atoms with Crippen molar-refractivity contribution in [3.8, 4) is 0 Å². The molecule has 0 aromatic heterocycles. The summed E-state index contributed by atoms with van der Waals surface area (Å²) in [4.78, 5) is 13.8. The van der Waals surface area contributed by atoms with Gasteiger partial charge in [-0.1, -0.05) is 0 Å². The third-order valence-corrected chi connectivity index (χ3v) is 1.84. The number of ketones is 1. The molecular weight excluding hydrogens is 168 g/mol. The molecule has 5 nitrogen and oxygen atoms in total. The predicted molar refractivity (Wildman–Crippen MR) is 52.0 cm³/mol. The molecule has 0 unspecified atom stereocenters. The van der Waals surface area contributed by atoms with Crippen LogP contribution in [0.5, 0.6) is 0 Å². The van der Waals surface area contributed by atoms with E-state index < -0.39 is 0 Å². The molecule has 0 fully saturated rings. The van der Waals surface area contributed by atoms with Crippen LogP contribution in [0.3, 0.4) is 0 Å². The minimum absolute atomic E-state index is 0.0548. The number of nitrogens with one attached hydrogen (secondary N) is 2. The molecule has 5 heteroatoms. The Morgan fingerprint density at radius 3 is 2.54 bits per heavy atom. The molecule has 0 bridgehead atoms. The minimum Gasteiger partial charge on any atom is -0.311 e. The molecule has 6 N–H and O–H groups in total. The van der Waals surface area contributed by atoms with Crippen LogP contribution in [0.4, 0.5) is 0 Å². The van der Waals surface area contributed by atoms with E-state index in [4.69, 9.17) is 11.5 Å². The maximum absolute atomic E-state index is 11.0. The van der Waals surface area contributed by atoms with Crippen molar-refractivity contribution in [3.05, 3.63) is 0 Å². The Bertz CT molecular complexity index is 187. The largest absolute Gasteiger partial charge is 0.338 e. The summed E-state index contributed by atoms with van der Waals surface area (Å²) in [6.07, 6.45) is 1.66. The van der Waals surface area contributed by atoms with Crippen LogP contribution in [0.2, 0.25) is 0 Å². The minimum atomic E-state index is -0.0548. The van der Waals surface area contributed by atoms with E-state index in [-0.39, 0.29) is 17.8 Å². The van der Waals surface area contributed by atoms with Gasteiger partial charge in [0.25, 0.3) is 0 Å². The molecule has 0 saturated carbocycles. The quantitative estimate of drug-likeness (QED) is 0.207. The second-order valence-corrected chi connectivity index (χ2v) is 2.98. The summed E-state index contributed by atoms with van der Waals surface area (Å²) in [5, 5.41) is 2.94. The van der Waals surface area contributed by atoms with Crippen LogP contribution >= 0.6 is 0 Å². The van der Waals surface area contributed by atoms with Gasteiger partial charge in [-0.15, -0.1) is 0 Å². The Morgan fingerprint density at radius 1 is 1.54 bits per heavy atom. The highest BCUT2D eigenvalue weighted by Crippen LogP contribution is 1.95. The molecule has 0 rings (SSSR count). The van der Waals surface area contributed by atoms with E-state index in [0.29, 0.717) is 6.54 Å². The number of carbonyl (C=O) groups excluding carboxylic acids is 1. The first-order valence-corrected chi connectivity index (χ1v) is 4.37. The van der Waals surface area contributed by atoms with Gasteiger partial charge in [-0.2, -0.15) is 0 Å². The highest BCUT2D eigenvalue weighted by atomic mass is 16.1. The van der Waals surface area contributed by atoms with E-state index in [1.807, 2.05) is 0 Å². The molecule has 0 aromatic rings. The zero-order valence-corrected chi connectivity index (χ0v) is 8.26. The molecule has 0 saturated heterocycles. The number of nitrogens with two attached hydrogens (primary N) is 2. The number of likely N-dealkylation sites (N-methyl/N-ethyl adjacent to an activating group) is 1. The average molecular weight is 187 g/mol. The third kappa shape index (κ3) is 6.10. The van der Waals surface area contributed by atoms with Crippen molar-refractivity contribution in [1.29, 1.82) is 0 Å². The van der Waals surface area contributed by atoms with Crippen molar-refractivity contribution in [2.24, 2.45) is 11.5 Å². The second kappa shape index (κ2) is 6.42. The molecule has 0 aromatic carbocycles. The lowest BCUT2D eigenvalue weighted by Crippen LogP contribution is -2.78. The maximum atomic E-state index is 11.0. The molecule has 0 spiro atoms. The first-order chi connectivity index (χ1) is 6.07. The smallest absolute Gasteiger partial charge is 0.311 e. The van der Waals surface area contributed by atoms with E-state index in [1.165, 1.54) is 0 Å². The van der Waals surface area contributed by atoms with Crippen LogP contribution in [-0.4, -0.2) is 31.4 Å². The Labute approximate surface area is 78.6 Å². The summed E-state index contributed by atoms with van der Waals surface area (Å²) in [6.45, 7) is 2.28. The molecule has 0 aliphatic heterocycles. The van der Waals surface area contributed by atoms with Crippen molar-refractivity contribution >= 4 is 11.7 Å². The van der Waals surface area contributed by atoms with Gasteiger partial charge in [-0.05, 0) is 26.8 Å². The van der Waals surface area contributed by atoms with E-state index in [9.17, 15) is 4.79 Å². The fourth-order valence-electron chi connectivity index (χ4n) is 1.09. The SMILES string of the molecule is CN[C@@H](CCC[NH+]=C(N)N)C(C)=O. The van der Waals surface area contributed by atoms with Crippen LogP contribution in [0.25, 0.3) is 0 Å². The molecule has 1 atom stereocenters. The first kappa shape index (κ1) is 11.9. The summed E-state index contributed by atoms with van der Waals surface area (Å²) >= 11 is 0. The summed E-state index contributed by atoms with van der Waals surface area (Å²) in [5.41, 5.74) is 10.4. The summed E-state index contributed by atoms with van der Waals surface area (Å²) < 4.78 is 0. The number of hydrogen-bond donors (Lipinski definition) is 4. The van der Waals surface area contributed by atoms with Crippen LogP contribution in [0, 0.1) is 0 Å². The van der Waals surface area contributed by atoms with Gasteiger partial charge in [0.1, 0.15) is 5.78 Å². The van der Waals surface area contributed by atoms with Crippen LogP contribution in [0.1, 0.15) is 19.8 Å². The van der Waals surface area contributed by atoms with Crippen molar-refractivity contribution in [2.75, 3.05) is 13.6 Å². The molecule has 0 aliphatic carbocycles. The molecule has 0 heterocycles. The van der Waals surface area contributed by atoms with Crippen molar-refractivity contribution in [1.82, 2.24) is 5.32 Å². The van der Waals surface area contributed by atoms with Crippen LogP contribution in [0.15, 0.2) is 0 Å². The van der Waals surface area contributed by atoms with Gasteiger partial charge in [0.2, 0.25) is 0 Å². The highest BCUT2D eigenvalue weighted by Gasteiger charge is 2.09. The number of guanidine groups is 1. The van der Waals surface area contributed by atoms with Gasteiger partial charge >= 0.3 is 5.96 Å². The van der Waals surface area contributed by atoms with E-state index in [0.717, 1.165) is 12.8 Å². The van der Waals surface area contributed by atoms with Gasteiger partial charge in [0.05, 0.1) is 12.6 Å². The lowest BCUT2D eigenvalue weighted by Gasteiger charge is -2.10. The Balaban J connectivity index is 3.62. The lowest BCUT2D eigenvalue weighted by molar-refractivity contribution is -0.459. The highest BCUT2D eigenvalue weighted by molar-refractivity contribution is 5.81. The van der Waals surface area contributed by atoms with Crippen molar-refractivity contribution < 1.29 is 9.79 Å². The maximum Gasteiger partial charge on any atom is 0.338 e. The Hall–Kier alpha value is -1.10. The molecule has 0 radical (unpaired) electrons. The monoisotopic (exact) mass is 187 g/mol. The number of Topliss-reactive ketones (excluding diaryl/α,β-unsaturated/α-hetero) is 1. The van der Waals surface area contributed by atoms with Gasteiger partial charge in [0.15, 0.2) is 0 Å². The van der Waals surface area contributed by atoms with E-state index in [1.54, 1.807) is 14.0 Å². The summed E-state index contributed by atoms with van der Waals surface area (Å²) in [6, 6.07) is -0.0548. The topological polar surface area (TPSA) is 95.1 Å². The van der Waals surface area contributed by atoms with E-state index >= 15 is 0 Å². The predicted octanol–water partition coefficient (Wildman–Crippen LogP) is -2.70. The number of rotatable bonds is 6. The van der Waals surface area contributed by atoms with Gasteiger partial charge < -0.3 is 5.32 Å². The van der Waals surface area contributed by atoms with Crippen LogP contribution < -0.4 is 21.8 Å². The molecule has 76 valence electrons. The molecule has 0 aliphatic rings. The fourth-order valence-corrected chi connectivity index (χ4v) is 1.09. The number of carbonyl (C=O) groups is 1. The van der Waals surface area contributed by atoms with Crippen molar-refractivity contribution in [3.63, 3.8) is 0 Å². The fraction of sp³-hybridized carbons (Fsp3) is 0.750. The van der Waals surface area contributed by atoms with Gasteiger partial charge in [-0.3, -0.25) is 21.3 Å². The summed E-state index contributed by atoms with van der Waals surface area (Å²) in [7, 11) is 1.78. The van der Waals surface area contributed by atoms with E-state index in [2.05, 4.69) is 10.3 Å². The summed E-state index contributed by atoms with van der Waals surface area (Å²) in [5.74, 6) is 0.385. The van der Waals surface area contributed by atoms with Gasteiger partial charge in [0, 0.05) is 0 Å². The van der Waals surface area contributed by atoms with Crippen LogP contribution in [-0.2, 0) is 4.79 Å². The second-order valence-electron chi connectivity index (χ2n) is 2.98. The standard InChI is InChI=1S/C8H18N4O/c1-6(13)7(11-2)4-3-5-12-8(9)10/h7,11H,3-5H2,1-2H3,(H4,9,10,12)/p+1/t7-/m0/s1. The molecule has 13 heavy (non-hydrogen) atoms. The lowest BCUT2D eigenvalue weighted by atomic mass is 10.1. The van der Waals surface area contributed by atoms with Gasteiger partial charge in [-0.25, -0.2) is 0 Å². The Kier molecular flexibility index (Phi) is 5.88. The zero-order chi connectivity index (χ0) is 10.3. The zero-order valence-electron chi connectivity index (χ0n) is 8.26.